The van der Waals surface area contributed by atoms with Crippen LogP contribution in [0.3, 0.4) is 0 Å². The van der Waals surface area contributed by atoms with Crippen molar-refractivity contribution in [1.29, 1.82) is 0 Å². The summed E-state index contributed by atoms with van der Waals surface area (Å²) in [5.74, 6) is 0.559. The topological polar surface area (TPSA) is 66.6 Å². The van der Waals surface area contributed by atoms with Crippen LogP contribution in [0.4, 0.5) is 4.79 Å². The molecule has 70 valence electrons. The van der Waals surface area contributed by atoms with E-state index in [9.17, 15) is 4.79 Å². The molecule has 0 spiro atoms. The van der Waals surface area contributed by atoms with Crippen LogP contribution < -0.4 is 10.7 Å². The summed E-state index contributed by atoms with van der Waals surface area (Å²) in [7, 11) is 1.51. The summed E-state index contributed by atoms with van der Waals surface area (Å²) in [5, 5.41) is 5.98. The largest absolute Gasteiger partial charge is 0.462 e. The molecule has 0 atom stereocenters. The number of amides is 2. The molecule has 0 fully saturated rings. The van der Waals surface area contributed by atoms with Crippen LogP contribution in [0, 0.1) is 0 Å². The minimum Gasteiger partial charge on any atom is -0.462 e. The molecule has 1 aromatic heterocycles. The third-order valence-electron chi connectivity index (χ3n) is 1.17. The van der Waals surface area contributed by atoms with E-state index in [0.717, 1.165) is 4.47 Å². The average molecular weight is 246 g/mol. The summed E-state index contributed by atoms with van der Waals surface area (Å²) < 4.78 is 5.84. The Bertz CT molecular complexity index is 321. The lowest BCUT2D eigenvalue weighted by molar-refractivity contribution is 0.243. The lowest BCUT2D eigenvalue weighted by Gasteiger charge is -1.93. The van der Waals surface area contributed by atoms with Crippen molar-refractivity contribution in [2.75, 3.05) is 7.05 Å². The van der Waals surface area contributed by atoms with Crippen LogP contribution in [0.5, 0.6) is 0 Å². The standard InChI is InChI=1S/C7H8BrN3O2/c1-9-7(12)11-10-3-6-2-5(8)4-13-6/h2-4H,1H3,(H2,9,11,12)/b10-3+. The summed E-state index contributed by atoms with van der Waals surface area (Å²) in [4.78, 5) is 10.6. The maximum Gasteiger partial charge on any atom is 0.334 e. The molecule has 1 heterocycles. The molecule has 0 bridgehead atoms. The van der Waals surface area contributed by atoms with Crippen molar-refractivity contribution in [1.82, 2.24) is 10.7 Å². The van der Waals surface area contributed by atoms with Gasteiger partial charge in [-0.25, -0.2) is 10.2 Å². The van der Waals surface area contributed by atoms with Crippen LogP contribution >= 0.6 is 15.9 Å². The first-order valence-corrected chi connectivity index (χ1v) is 4.26. The molecule has 1 aromatic rings. The fourth-order valence-corrected chi connectivity index (χ4v) is 0.925. The Morgan fingerprint density at radius 2 is 2.54 bits per heavy atom. The second-order valence-corrected chi connectivity index (χ2v) is 3.03. The number of nitrogens with zero attached hydrogens (tertiary/aromatic N) is 1. The third-order valence-corrected chi connectivity index (χ3v) is 1.59. The monoisotopic (exact) mass is 245 g/mol. The lowest BCUT2D eigenvalue weighted by Crippen LogP contribution is -2.28. The van der Waals surface area contributed by atoms with Crippen molar-refractivity contribution in [2.45, 2.75) is 0 Å². The number of urea groups is 1. The van der Waals surface area contributed by atoms with Crippen LogP contribution in [0.25, 0.3) is 0 Å². The van der Waals surface area contributed by atoms with Crippen molar-refractivity contribution < 1.29 is 9.21 Å². The highest BCUT2D eigenvalue weighted by Gasteiger charge is 1.95. The zero-order chi connectivity index (χ0) is 9.68. The smallest absolute Gasteiger partial charge is 0.334 e. The van der Waals surface area contributed by atoms with Gasteiger partial charge in [0.05, 0.1) is 10.7 Å². The fraction of sp³-hybridized carbons (Fsp3) is 0.143. The first kappa shape index (κ1) is 9.79. The van der Waals surface area contributed by atoms with E-state index >= 15 is 0 Å². The SMILES string of the molecule is CNC(=O)N/N=C/c1cc(Br)co1. The molecule has 0 aliphatic rings. The molecule has 0 saturated heterocycles. The van der Waals surface area contributed by atoms with Gasteiger partial charge in [-0.2, -0.15) is 5.10 Å². The second kappa shape index (κ2) is 4.66. The van der Waals surface area contributed by atoms with Gasteiger partial charge in [-0.05, 0) is 22.0 Å². The Balaban J connectivity index is 2.45. The molecule has 0 aromatic carbocycles. The first-order valence-electron chi connectivity index (χ1n) is 3.47. The molecule has 0 saturated carbocycles. The summed E-state index contributed by atoms with van der Waals surface area (Å²) >= 11 is 3.21. The fourth-order valence-electron chi connectivity index (χ4n) is 0.606. The number of rotatable bonds is 2. The highest BCUT2D eigenvalue weighted by atomic mass is 79.9. The predicted octanol–water partition coefficient (Wildman–Crippen LogP) is 1.30. The molecular formula is C7H8BrN3O2. The zero-order valence-electron chi connectivity index (χ0n) is 6.87. The van der Waals surface area contributed by atoms with Gasteiger partial charge >= 0.3 is 6.03 Å². The third kappa shape index (κ3) is 3.29. The van der Waals surface area contributed by atoms with Crippen molar-refractivity contribution in [3.8, 4) is 0 Å². The van der Waals surface area contributed by atoms with Gasteiger partial charge in [-0.15, -0.1) is 0 Å². The lowest BCUT2D eigenvalue weighted by atomic mass is 10.5. The van der Waals surface area contributed by atoms with Crippen LogP contribution in [0.2, 0.25) is 0 Å². The van der Waals surface area contributed by atoms with Gasteiger partial charge in [0.15, 0.2) is 0 Å². The maximum atomic E-state index is 10.6. The first-order chi connectivity index (χ1) is 6.22. The van der Waals surface area contributed by atoms with Crippen LogP contribution in [-0.2, 0) is 0 Å². The van der Waals surface area contributed by atoms with E-state index in [-0.39, 0.29) is 6.03 Å². The summed E-state index contributed by atoms with van der Waals surface area (Å²) in [6.07, 6.45) is 2.93. The number of carbonyl (C=O) groups excluding carboxylic acids is 1. The van der Waals surface area contributed by atoms with Crippen molar-refractivity contribution in [2.24, 2.45) is 5.10 Å². The van der Waals surface area contributed by atoms with Crippen LogP contribution in [0.1, 0.15) is 5.76 Å². The van der Waals surface area contributed by atoms with Gasteiger partial charge in [0.25, 0.3) is 0 Å². The number of halogens is 1. The van der Waals surface area contributed by atoms with Crippen molar-refractivity contribution in [3.05, 3.63) is 22.6 Å². The number of hydrogen-bond donors (Lipinski definition) is 2. The molecule has 0 radical (unpaired) electrons. The molecule has 0 unspecified atom stereocenters. The number of carbonyl (C=O) groups is 1. The van der Waals surface area contributed by atoms with Gasteiger partial charge < -0.3 is 9.73 Å². The number of furan rings is 1. The van der Waals surface area contributed by atoms with E-state index in [1.807, 2.05) is 0 Å². The van der Waals surface area contributed by atoms with E-state index < -0.39 is 0 Å². The quantitative estimate of drug-likeness (QED) is 0.610. The average Bonchev–Trinajstić information content (AvgIpc) is 2.51. The van der Waals surface area contributed by atoms with Crippen LogP contribution in [-0.4, -0.2) is 19.3 Å². The molecule has 5 nitrogen and oxygen atoms in total. The Morgan fingerprint density at radius 3 is 3.08 bits per heavy atom. The van der Waals surface area contributed by atoms with E-state index in [1.54, 1.807) is 6.07 Å². The predicted molar refractivity (Wildman–Crippen MR) is 51.6 cm³/mol. The molecular weight excluding hydrogens is 238 g/mol. The van der Waals surface area contributed by atoms with Gasteiger partial charge in [0.1, 0.15) is 12.0 Å². The molecule has 0 aliphatic carbocycles. The molecule has 1 rings (SSSR count). The Labute approximate surface area is 83.3 Å². The van der Waals surface area contributed by atoms with Gasteiger partial charge in [-0.3, -0.25) is 0 Å². The molecule has 13 heavy (non-hydrogen) atoms. The number of nitrogens with one attached hydrogen (secondary N) is 2. The zero-order valence-corrected chi connectivity index (χ0v) is 8.46. The van der Waals surface area contributed by atoms with Gasteiger partial charge in [0.2, 0.25) is 0 Å². The van der Waals surface area contributed by atoms with Gasteiger partial charge in [0, 0.05) is 7.05 Å². The molecule has 0 aliphatic heterocycles. The number of hydrogen-bond acceptors (Lipinski definition) is 3. The highest BCUT2D eigenvalue weighted by Crippen LogP contribution is 2.11. The van der Waals surface area contributed by atoms with E-state index in [4.69, 9.17) is 4.42 Å². The van der Waals surface area contributed by atoms with E-state index in [0.29, 0.717) is 5.76 Å². The van der Waals surface area contributed by atoms with Crippen molar-refractivity contribution in [3.63, 3.8) is 0 Å². The maximum absolute atomic E-state index is 10.6. The second-order valence-electron chi connectivity index (χ2n) is 2.12. The molecule has 2 amide bonds. The molecule has 2 N–H and O–H groups in total. The van der Waals surface area contributed by atoms with Gasteiger partial charge in [-0.1, -0.05) is 0 Å². The summed E-state index contributed by atoms with van der Waals surface area (Å²) in [6.45, 7) is 0. The summed E-state index contributed by atoms with van der Waals surface area (Å²) in [6, 6.07) is 1.36. The Morgan fingerprint density at radius 1 is 1.77 bits per heavy atom. The Hall–Kier alpha value is -1.30. The highest BCUT2D eigenvalue weighted by molar-refractivity contribution is 9.10. The minimum absolute atomic E-state index is 0.373. The normalized spacial score (nSPS) is 10.3. The van der Waals surface area contributed by atoms with Crippen molar-refractivity contribution >= 4 is 28.2 Å². The van der Waals surface area contributed by atoms with E-state index in [1.165, 1.54) is 19.5 Å². The van der Waals surface area contributed by atoms with E-state index in [2.05, 4.69) is 31.8 Å². The molecule has 6 heteroatoms. The number of hydrazone groups is 1. The van der Waals surface area contributed by atoms with Crippen LogP contribution in [0.15, 0.2) is 26.3 Å². The Kier molecular flexibility index (Phi) is 3.51. The minimum atomic E-state index is -0.373. The summed E-state index contributed by atoms with van der Waals surface area (Å²) in [5.41, 5.74) is 2.23.